The van der Waals surface area contributed by atoms with Crippen LogP contribution in [0.1, 0.15) is 16.7 Å². The molecule has 0 aliphatic rings. The van der Waals surface area contributed by atoms with Crippen molar-refractivity contribution in [2.24, 2.45) is 0 Å². The minimum Gasteiger partial charge on any atom is -0.482 e. The molecule has 0 aromatic heterocycles. The van der Waals surface area contributed by atoms with Crippen molar-refractivity contribution in [1.29, 1.82) is 0 Å². The van der Waals surface area contributed by atoms with Gasteiger partial charge in [0.2, 0.25) is 5.91 Å². The summed E-state index contributed by atoms with van der Waals surface area (Å²) in [5.41, 5.74) is -0.00547. The summed E-state index contributed by atoms with van der Waals surface area (Å²) in [4.78, 5) is 22.6. The number of carboxylic acids is 1. The van der Waals surface area contributed by atoms with E-state index in [2.05, 4.69) is 5.32 Å². The molecule has 0 saturated carbocycles. The predicted molar refractivity (Wildman–Crippen MR) is 86.6 cm³/mol. The fourth-order valence-electron chi connectivity index (χ4n) is 2.23. The van der Waals surface area contributed by atoms with Crippen molar-refractivity contribution < 1.29 is 32.6 Å². The summed E-state index contributed by atoms with van der Waals surface area (Å²) < 4.78 is 43.2. The third-order valence-electron chi connectivity index (χ3n) is 3.42. The monoisotopic (exact) mass is 367 g/mol. The molecule has 8 heteroatoms. The first-order valence-corrected chi connectivity index (χ1v) is 7.61. The van der Waals surface area contributed by atoms with Crippen molar-refractivity contribution in [3.63, 3.8) is 0 Å². The molecular formula is C18H16F3NO4. The average Bonchev–Trinajstić information content (AvgIpc) is 2.58. The number of carbonyl (C=O) groups is 2. The van der Waals surface area contributed by atoms with E-state index >= 15 is 0 Å². The second-order valence-electron chi connectivity index (χ2n) is 5.44. The van der Waals surface area contributed by atoms with E-state index in [1.165, 1.54) is 12.1 Å². The van der Waals surface area contributed by atoms with Crippen molar-refractivity contribution in [3.8, 4) is 5.75 Å². The second kappa shape index (κ2) is 8.37. The minimum atomic E-state index is -4.47. The van der Waals surface area contributed by atoms with E-state index < -0.39 is 30.2 Å². The van der Waals surface area contributed by atoms with E-state index in [1.54, 1.807) is 24.3 Å². The zero-order valence-corrected chi connectivity index (χ0v) is 13.5. The van der Waals surface area contributed by atoms with Crippen molar-refractivity contribution in [1.82, 2.24) is 5.32 Å². The maximum atomic E-state index is 12.7. The maximum Gasteiger partial charge on any atom is 0.416 e. The van der Waals surface area contributed by atoms with Gasteiger partial charge in [-0.2, -0.15) is 13.2 Å². The first kappa shape index (κ1) is 19.3. The normalized spacial score (nSPS) is 11.0. The molecule has 0 fully saturated rings. The summed E-state index contributed by atoms with van der Waals surface area (Å²) >= 11 is 0. The van der Waals surface area contributed by atoms with Gasteiger partial charge in [0.25, 0.3) is 0 Å². The Morgan fingerprint density at radius 3 is 2.50 bits per heavy atom. The molecule has 138 valence electrons. The van der Waals surface area contributed by atoms with E-state index in [-0.39, 0.29) is 18.5 Å². The fraction of sp³-hybridized carbons (Fsp3) is 0.222. The molecule has 0 aliphatic carbocycles. The highest BCUT2D eigenvalue weighted by molar-refractivity contribution is 5.78. The zero-order chi connectivity index (χ0) is 19.2. The Balaban J connectivity index is 1.96. The molecule has 0 unspecified atom stereocenters. The number of aliphatic carboxylic acids is 1. The van der Waals surface area contributed by atoms with Gasteiger partial charge in [0.15, 0.2) is 6.61 Å². The number of hydrogen-bond donors (Lipinski definition) is 2. The number of halogens is 3. The number of carboxylic acid groups (broad SMARTS) is 1. The van der Waals surface area contributed by atoms with Crippen LogP contribution < -0.4 is 10.1 Å². The third kappa shape index (κ3) is 5.80. The molecule has 0 aliphatic heterocycles. The van der Waals surface area contributed by atoms with Crippen LogP contribution in [0.5, 0.6) is 5.75 Å². The van der Waals surface area contributed by atoms with E-state index in [1.807, 2.05) is 0 Å². The Hall–Kier alpha value is -3.03. The number of para-hydroxylation sites is 1. The van der Waals surface area contributed by atoms with Gasteiger partial charge in [0.05, 0.1) is 12.0 Å². The summed E-state index contributed by atoms with van der Waals surface area (Å²) in [5, 5.41) is 11.2. The van der Waals surface area contributed by atoms with Gasteiger partial charge in [-0.15, -0.1) is 0 Å². The van der Waals surface area contributed by atoms with Crippen LogP contribution in [0.2, 0.25) is 0 Å². The van der Waals surface area contributed by atoms with Crippen LogP contribution in [0.4, 0.5) is 13.2 Å². The molecule has 0 radical (unpaired) electrons. The van der Waals surface area contributed by atoms with E-state index in [4.69, 9.17) is 9.84 Å². The van der Waals surface area contributed by atoms with Gasteiger partial charge in [-0.25, -0.2) is 4.79 Å². The van der Waals surface area contributed by atoms with E-state index in [9.17, 15) is 22.8 Å². The SMILES string of the molecule is O=C(O)COc1ccccc1CNC(=O)Cc1cccc(C(F)(F)F)c1. The summed E-state index contributed by atoms with van der Waals surface area (Å²) in [6.07, 6.45) is -4.67. The lowest BCUT2D eigenvalue weighted by molar-refractivity contribution is -0.139. The number of carbonyl (C=O) groups excluding carboxylic acids is 1. The van der Waals surface area contributed by atoms with Crippen LogP contribution in [0, 0.1) is 0 Å². The van der Waals surface area contributed by atoms with Gasteiger partial charge >= 0.3 is 12.1 Å². The van der Waals surface area contributed by atoms with Gasteiger partial charge in [0.1, 0.15) is 5.75 Å². The Morgan fingerprint density at radius 2 is 1.81 bits per heavy atom. The molecule has 5 nitrogen and oxygen atoms in total. The Morgan fingerprint density at radius 1 is 1.08 bits per heavy atom. The first-order chi connectivity index (χ1) is 12.3. The fourth-order valence-corrected chi connectivity index (χ4v) is 2.23. The van der Waals surface area contributed by atoms with Crippen LogP contribution in [0.25, 0.3) is 0 Å². The number of alkyl halides is 3. The number of benzene rings is 2. The second-order valence-corrected chi connectivity index (χ2v) is 5.44. The van der Waals surface area contributed by atoms with Crippen LogP contribution in [0.3, 0.4) is 0 Å². The number of nitrogens with one attached hydrogen (secondary N) is 1. The highest BCUT2D eigenvalue weighted by atomic mass is 19.4. The van der Waals surface area contributed by atoms with Crippen LogP contribution in [-0.2, 0) is 28.7 Å². The minimum absolute atomic E-state index is 0.0631. The van der Waals surface area contributed by atoms with Crippen molar-refractivity contribution in [2.75, 3.05) is 6.61 Å². The molecule has 0 saturated heterocycles. The van der Waals surface area contributed by atoms with Crippen molar-refractivity contribution in [3.05, 3.63) is 65.2 Å². The maximum absolute atomic E-state index is 12.7. The Bertz CT molecular complexity index is 790. The summed E-state index contributed by atoms with van der Waals surface area (Å²) in [7, 11) is 0. The smallest absolute Gasteiger partial charge is 0.416 e. The molecule has 0 bridgehead atoms. The molecule has 0 spiro atoms. The topological polar surface area (TPSA) is 75.6 Å². The Labute approximate surface area is 147 Å². The largest absolute Gasteiger partial charge is 0.482 e. The van der Waals surface area contributed by atoms with E-state index in [0.29, 0.717) is 11.3 Å². The summed E-state index contributed by atoms with van der Waals surface area (Å²) in [6.45, 7) is -0.456. The van der Waals surface area contributed by atoms with Gasteiger partial charge in [-0.1, -0.05) is 36.4 Å². The van der Waals surface area contributed by atoms with Crippen molar-refractivity contribution in [2.45, 2.75) is 19.1 Å². The summed E-state index contributed by atoms with van der Waals surface area (Å²) in [6, 6.07) is 11.1. The number of rotatable bonds is 7. The molecule has 1 amide bonds. The molecule has 2 N–H and O–H groups in total. The molecular weight excluding hydrogens is 351 g/mol. The molecule has 2 aromatic carbocycles. The van der Waals surface area contributed by atoms with Crippen LogP contribution in [-0.4, -0.2) is 23.6 Å². The van der Waals surface area contributed by atoms with Crippen LogP contribution >= 0.6 is 0 Å². The van der Waals surface area contributed by atoms with E-state index in [0.717, 1.165) is 12.1 Å². The molecule has 2 rings (SSSR count). The average molecular weight is 367 g/mol. The lowest BCUT2D eigenvalue weighted by Crippen LogP contribution is -2.25. The van der Waals surface area contributed by atoms with Gasteiger partial charge in [-0.3, -0.25) is 4.79 Å². The lowest BCUT2D eigenvalue weighted by Gasteiger charge is -2.12. The summed E-state index contributed by atoms with van der Waals surface area (Å²) in [5.74, 6) is -1.28. The standard InChI is InChI=1S/C18H16F3NO4/c19-18(20,21)14-6-3-4-12(8-14)9-16(23)22-10-13-5-1-2-7-15(13)26-11-17(24)25/h1-8H,9-11H2,(H,22,23)(H,24,25). The first-order valence-electron chi connectivity index (χ1n) is 7.61. The van der Waals surface area contributed by atoms with Gasteiger partial charge < -0.3 is 15.2 Å². The Kier molecular flexibility index (Phi) is 6.21. The lowest BCUT2D eigenvalue weighted by atomic mass is 10.1. The van der Waals surface area contributed by atoms with Crippen molar-refractivity contribution >= 4 is 11.9 Å². The third-order valence-corrected chi connectivity index (χ3v) is 3.42. The molecule has 0 atom stereocenters. The number of amides is 1. The molecule has 0 heterocycles. The molecule has 26 heavy (non-hydrogen) atoms. The predicted octanol–water partition coefficient (Wildman–Crippen LogP) is 3.03. The highest BCUT2D eigenvalue weighted by Gasteiger charge is 2.30. The number of ether oxygens (including phenoxy) is 1. The van der Waals surface area contributed by atoms with Gasteiger partial charge in [-0.05, 0) is 17.7 Å². The van der Waals surface area contributed by atoms with Crippen LogP contribution in [0.15, 0.2) is 48.5 Å². The zero-order valence-electron chi connectivity index (χ0n) is 13.5. The molecule has 2 aromatic rings. The van der Waals surface area contributed by atoms with Gasteiger partial charge in [0, 0.05) is 12.1 Å². The highest BCUT2D eigenvalue weighted by Crippen LogP contribution is 2.29. The number of hydrogen-bond acceptors (Lipinski definition) is 3. The quantitative estimate of drug-likeness (QED) is 0.789.